The molecule has 1 aromatic rings. The third kappa shape index (κ3) is 3.74. The van der Waals surface area contributed by atoms with E-state index in [1.165, 1.54) is 5.56 Å². The molecule has 0 saturated carbocycles. The number of carbonyl (C=O) groups is 1. The molecule has 1 unspecified atom stereocenters. The lowest BCUT2D eigenvalue weighted by atomic mass is 9.94. The SMILES string of the molecule is O=C(O)CCNCCC1COc2ccccc2C1. The summed E-state index contributed by atoms with van der Waals surface area (Å²) in [6.45, 7) is 2.15. The molecular weight excluding hydrogens is 230 g/mol. The lowest BCUT2D eigenvalue weighted by molar-refractivity contribution is -0.136. The first-order valence-electron chi connectivity index (χ1n) is 6.39. The summed E-state index contributed by atoms with van der Waals surface area (Å²) in [5.41, 5.74) is 1.28. The van der Waals surface area contributed by atoms with Crippen molar-refractivity contribution in [2.75, 3.05) is 19.7 Å². The smallest absolute Gasteiger partial charge is 0.304 e. The number of nitrogens with one attached hydrogen (secondary N) is 1. The van der Waals surface area contributed by atoms with Gasteiger partial charge in [0, 0.05) is 6.54 Å². The maximum Gasteiger partial charge on any atom is 0.304 e. The second-order valence-electron chi connectivity index (χ2n) is 4.67. The van der Waals surface area contributed by atoms with E-state index in [2.05, 4.69) is 11.4 Å². The van der Waals surface area contributed by atoms with E-state index in [4.69, 9.17) is 9.84 Å². The fourth-order valence-corrected chi connectivity index (χ4v) is 2.20. The van der Waals surface area contributed by atoms with Crippen LogP contribution in [-0.4, -0.2) is 30.8 Å². The van der Waals surface area contributed by atoms with Gasteiger partial charge in [-0.1, -0.05) is 18.2 Å². The van der Waals surface area contributed by atoms with E-state index in [0.29, 0.717) is 12.5 Å². The average Bonchev–Trinajstić information content (AvgIpc) is 2.38. The van der Waals surface area contributed by atoms with Crippen molar-refractivity contribution in [1.82, 2.24) is 5.32 Å². The van der Waals surface area contributed by atoms with E-state index in [1.807, 2.05) is 18.2 Å². The van der Waals surface area contributed by atoms with Crippen molar-refractivity contribution in [3.05, 3.63) is 29.8 Å². The number of fused-ring (bicyclic) bond motifs is 1. The van der Waals surface area contributed by atoms with Gasteiger partial charge in [0.05, 0.1) is 13.0 Å². The molecule has 18 heavy (non-hydrogen) atoms. The molecule has 0 aromatic heterocycles. The Bertz CT molecular complexity index is 406. The molecule has 1 aromatic carbocycles. The number of aliphatic carboxylic acids is 1. The van der Waals surface area contributed by atoms with Crippen LogP contribution in [-0.2, 0) is 11.2 Å². The highest BCUT2D eigenvalue weighted by molar-refractivity contribution is 5.66. The van der Waals surface area contributed by atoms with E-state index >= 15 is 0 Å². The average molecular weight is 249 g/mol. The van der Waals surface area contributed by atoms with Gasteiger partial charge in [0.25, 0.3) is 0 Å². The molecular formula is C14H19NO3. The van der Waals surface area contributed by atoms with Crippen LogP contribution in [0.1, 0.15) is 18.4 Å². The van der Waals surface area contributed by atoms with Crippen molar-refractivity contribution in [1.29, 1.82) is 0 Å². The van der Waals surface area contributed by atoms with Gasteiger partial charge in [-0.15, -0.1) is 0 Å². The molecule has 0 amide bonds. The van der Waals surface area contributed by atoms with Crippen LogP contribution in [0, 0.1) is 5.92 Å². The highest BCUT2D eigenvalue weighted by Crippen LogP contribution is 2.27. The molecule has 1 aliphatic heterocycles. The molecule has 2 rings (SSSR count). The molecule has 2 N–H and O–H groups in total. The zero-order valence-corrected chi connectivity index (χ0v) is 10.4. The van der Waals surface area contributed by atoms with Crippen LogP contribution in [0.2, 0.25) is 0 Å². The van der Waals surface area contributed by atoms with Crippen molar-refractivity contribution < 1.29 is 14.6 Å². The minimum absolute atomic E-state index is 0.185. The molecule has 4 nitrogen and oxygen atoms in total. The van der Waals surface area contributed by atoms with Gasteiger partial charge >= 0.3 is 5.97 Å². The van der Waals surface area contributed by atoms with Gasteiger partial charge in [-0.05, 0) is 36.9 Å². The first-order chi connectivity index (χ1) is 8.75. The van der Waals surface area contributed by atoms with Crippen molar-refractivity contribution in [2.24, 2.45) is 5.92 Å². The predicted molar refractivity (Wildman–Crippen MR) is 68.9 cm³/mol. The number of benzene rings is 1. The molecule has 0 aliphatic carbocycles. The predicted octanol–water partition coefficient (Wildman–Crippen LogP) is 1.69. The minimum atomic E-state index is -0.752. The van der Waals surface area contributed by atoms with E-state index in [-0.39, 0.29) is 6.42 Å². The van der Waals surface area contributed by atoms with Gasteiger partial charge in [-0.3, -0.25) is 4.79 Å². The Morgan fingerprint density at radius 3 is 3.06 bits per heavy atom. The molecule has 0 fully saturated rings. The summed E-state index contributed by atoms with van der Waals surface area (Å²) in [4.78, 5) is 10.3. The lowest BCUT2D eigenvalue weighted by Crippen LogP contribution is -2.26. The van der Waals surface area contributed by atoms with E-state index < -0.39 is 5.97 Å². The van der Waals surface area contributed by atoms with Crippen molar-refractivity contribution >= 4 is 5.97 Å². The number of rotatable bonds is 6. The first-order valence-corrected chi connectivity index (χ1v) is 6.39. The van der Waals surface area contributed by atoms with Gasteiger partial charge in [-0.2, -0.15) is 0 Å². The minimum Gasteiger partial charge on any atom is -0.493 e. The Kier molecular flexibility index (Phi) is 4.59. The van der Waals surface area contributed by atoms with E-state index in [9.17, 15) is 4.79 Å². The van der Waals surface area contributed by atoms with Gasteiger partial charge < -0.3 is 15.2 Å². The second-order valence-corrected chi connectivity index (χ2v) is 4.67. The number of carboxylic acid groups (broad SMARTS) is 1. The highest BCUT2D eigenvalue weighted by atomic mass is 16.5. The van der Waals surface area contributed by atoms with Crippen molar-refractivity contribution in [3.8, 4) is 5.75 Å². The van der Waals surface area contributed by atoms with E-state index in [0.717, 1.165) is 31.7 Å². The molecule has 4 heteroatoms. The lowest BCUT2D eigenvalue weighted by Gasteiger charge is -2.25. The Labute approximate surface area is 107 Å². The topological polar surface area (TPSA) is 58.6 Å². The number of para-hydroxylation sites is 1. The fourth-order valence-electron chi connectivity index (χ4n) is 2.20. The monoisotopic (exact) mass is 249 g/mol. The standard InChI is InChI=1S/C14H19NO3/c16-14(17)6-8-15-7-5-11-9-12-3-1-2-4-13(12)18-10-11/h1-4,11,15H,5-10H2,(H,16,17). The maximum absolute atomic E-state index is 10.3. The summed E-state index contributed by atoms with van der Waals surface area (Å²) < 4.78 is 5.71. The third-order valence-electron chi connectivity index (χ3n) is 3.20. The van der Waals surface area contributed by atoms with Crippen molar-refractivity contribution in [3.63, 3.8) is 0 Å². The third-order valence-corrected chi connectivity index (χ3v) is 3.20. The van der Waals surface area contributed by atoms with Crippen LogP contribution in [0.4, 0.5) is 0 Å². The summed E-state index contributed by atoms with van der Waals surface area (Å²) in [5.74, 6) is 0.780. The Morgan fingerprint density at radius 1 is 1.39 bits per heavy atom. The van der Waals surface area contributed by atoms with Crippen LogP contribution in [0.5, 0.6) is 5.75 Å². The van der Waals surface area contributed by atoms with Crippen LogP contribution < -0.4 is 10.1 Å². The largest absolute Gasteiger partial charge is 0.493 e. The number of ether oxygens (including phenoxy) is 1. The molecule has 1 atom stereocenters. The molecule has 0 bridgehead atoms. The van der Waals surface area contributed by atoms with Gasteiger partial charge in [0.2, 0.25) is 0 Å². The number of carboxylic acids is 1. The summed E-state index contributed by atoms with van der Waals surface area (Å²) in [5, 5.41) is 11.7. The molecule has 0 spiro atoms. The van der Waals surface area contributed by atoms with Crippen LogP contribution in [0.15, 0.2) is 24.3 Å². The normalized spacial score (nSPS) is 17.9. The van der Waals surface area contributed by atoms with E-state index in [1.54, 1.807) is 0 Å². The zero-order chi connectivity index (χ0) is 12.8. The summed E-state index contributed by atoms with van der Waals surface area (Å²) in [7, 11) is 0. The summed E-state index contributed by atoms with van der Waals surface area (Å²) >= 11 is 0. The van der Waals surface area contributed by atoms with Gasteiger partial charge in [0.15, 0.2) is 0 Å². The van der Waals surface area contributed by atoms with Crippen LogP contribution in [0.3, 0.4) is 0 Å². The molecule has 0 saturated heterocycles. The Balaban J connectivity index is 1.68. The highest BCUT2D eigenvalue weighted by Gasteiger charge is 2.18. The summed E-state index contributed by atoms with van der Waals surface area (Å²) in [6.07, 6.45) is 2.26. The summed E-state index contributed by atoms with van der Waals surface area (Å²) in [6, 6.07) is 8.15. The fraction of sp³-hybridized carbons (Fsp3) is 0.500. The number of hydrogen-bond donors (Lipinski definition) is 2. The number of hydrogen-bond acceptors (Lipinski definition) is 3. The van der Waals surface area contributed by atoms with Gasteiger partial charge in [-0.25, -0.2) is 0 Å². The van der Waals surface area contributed by atoms with Crippen LogP contribution >= 0.6 is 0 Å². The Morgan fingerprint density at radius 2 is 2.22 bits per heavy atom. The van der Waals surface area contributed by atoms with Crippen LogP contribution in [0.25, 0.3) is 0 Å². The van der Waals surface area contributed by atoms with Crippen molar-refractivity contribution in [2.45, 2.75) is 19.3 Å². The van der Waals surface area contributed by atoms with Gasteiger partial charge in [0.1, 0.15) is 5.75 Å². The zero-order valence-electron chi connectivity index (χ0n) is 10.4. The quantitative estimate of drug-likeness (QED) is 0.753. The second kappa shape index (κ2) is 6.40. The molecule has 98 valence electrons. The Hall–Kier alpha value is -1.55. The molecule has 1 heterocycles. The first kappa shape index (κ1) is 12.9. The molecule has 1 aliphatic rings. The maximum atomic E-state index is 10.3. The molecule has 0 radical (unpaired) electrons.